The lowest BCUT2D eigenvalue weighted by Crippen LogP contribution is -1.84. The van der Waals surface area contributed by atoms with Crippen LogP contribution in [0.5, 0.6) is 11.5 Å². The standard InChI is InChI=1S/C18H17N5O3/c1-10-4-5-14(6-11(10)2)19-9-13-7-15(17(25)8-16(13)24)20-21-18-12(3)22-26-23-18/h4-9,24-25H,1-3H3. The van der Waals surface area contributed by atoms with Gasteiger partial charge in [0.1, 0.15) is 22.9 Å². The average Bonchev–Trinajstić information content (AvgIpc) is 3.01. The van der Waals surface area contributed by atoms with Crippen molar-refractivity contribution in [3.05, 3.63) is 52.7 Å². The van der Waals surface area contributed by atoms with Gasteiger partial charge in [0.15, 0.2) is 0 Å². The molecule has 0 saturated heterocycles. The second-order valence-electron chi connectivity index (χ2n) is 5.80. The molecule has 3 rings (SSSR count). The van der Waals surface area contributed by atoms with Crippen molar-refractivity contribution in [1.82, 2.24) is 10.3 Å². The molecule has 3 aromatic rings. The van der Waals surface area contributed by atoms with E-state index >= 15 is 0 Å². The number of hydrogen-bond donors (Lipinski definition) is 2. The molecule has 1 aromatic heterocycles. The fraction of sp³-hybridized carbons (Fsp3) is 0.167. The fourth-order valence-electron chi connectivity index (χ4n) is 2.13. The fourth-order valence-corrected chi connectivity index (χ4v) is 2.13. The van der Waals surface area contributed by atoms with Gasteiger partial charge in [0.05, 0.1) is 5.69 Å². The van der Waals surface area contributed by atoms with Crippen LogP contribution in [0.25, 0.3) is 0 Å². The second kappa shape index (κ2) is 7.14. The topological polar surface area (TPSA) is 116 Å². The molecule has 0 unspecified atom stereocenters. The Balaban J connectivity index is 1.90. The van der Waals surface area contributed by atoms with Gasteiger partial charge in [-0.1, -0.05) is 11.2 Å². The average molecular weight is 351 g/mol. The molecule has 2 aromatic carbocycles. The molecule has 2 N–H and O–H groups in total. The van der Waals surface area contributed by atoms with Gasteiger partial charge in [-0.05, 0) is 55.3 Å². The number of aromatic nitrogens is 2. The van der Waals surface area contributed by atoms with Crippen LogP contribution in [0.4, 0.5) is 17.2 Å². The summed E-state index contributed by atoms with van der Waals surface area (Å²) in [5, 5.41) is 35.0. The minimum absolute atomic E-state index is 0.117. The summed E-state index contributed by atoms with van der Waals surface area (Å²) in [7, 11) is 0. The van der Waals surface area contributed by atoms with E-state index in [1.807, 2.05) is 32.0 Å². The van der Waals surface area contributed by atoms with Gasteiger partial charge in [0.2, 0.25) is 5.82 Å². The molecule has 0 aliphatic rings. The van der Waals surface area contributed by atoms with Crippen LogP contribution >= 0.6 is 0 Å². The molecular formula is C18H17N5O3. The van der Waals surface area contributed by atoms with Crippen molar-refractivity contribution in [3.63, 3.8) is 0 Å². The number of aromatic hydroxyl groups is 2. The summed E-state index contributed by atoms with van der Waals surface area (Å²) in [5.41, 5.74) is 4.09. The van der Waals surface area contributed by atoms with Crippen LogP contribution in [-0.4, -0.2) is 26.7 Å². The van der Waals surface area contributed by atoms with E-state index in [4.69, 9.17) is 0 Å². The van der Waals surface area contributed by atoms with Crippen molar-refractivity contribution in [2.45, 2.75) is 20.8 Å². The van der Waals surface area contributed by atoms with Gasteiger partial charge in [-0.3, -0.25) is 4.99 Å². The first-order valence-electron chi connectivity index (χ1n) is 7.82. The van der Waals surface area contributed by atoms with E-state index in [0.29, 0.717) is 11.3 Å². The van der Waals surface area contributed by atoms with Crippen LogP contribution in [-0.2, 0) is 0 Å². The molecule has 0 aliphatic heterocycles. The molecule has 132 valence electrons. The smallest absolute Gasteiger partial charge is 0.240 e. The Bertz CT molecular complexity index is 1010. The number of phenols is 2. The largest absolute Gasteiger partial charge is 0.507 e. The Kier molecular flexibility index (Phi) is 4.74. The third-order valence-electron chi connectivity index (χ3n) is 3.85. The van der Waals surface area contributed by atoms with E-state index in [2.05, 4.69) is 30.2 Å². The lowest BCUT2D eigenvalue weighted by Gasteiger charge is -2.04. The highest BCUT2D eigenvalue weighted by molar-refractivity contribution is 5.87. The molecule has 8 heteroatoms. The van der Waals surface area contributed by atoms with Crippen LogP contribution in [0, 0.1) is 20.8 Å². The molecule has 0 amide bonds. The number of benzene rings is 2. The van der Waals surface area contributed by atoms with E-state index < -0.39 is 0 Å². The zero-order valence-electron chi connectivity index (χ0n) is 14.5. The van der Waals surface area contributed by atoms with Crippen LogP contribution in [0.15, 0.2) is 50.2 Å². The molecular weight excluding hydrogens is 334 g/mol. The van der Waals surface area contributed by atoms with Crippen molar-refractivity contribution in [2.75, 3.05) is 0 Å². The highest BCUT2D eigenvalue weighted by Crippen LogP contribution is 2.34. The van der Waals surface area contributed by atoms with Crippen LogP contribution in [0.1, 0.15) is 22.4 Å². The number of phenolic OH excluding ortho intramolecular Hbond substituents is 2. The van der Waals surface area contributed by atoms with Gasteiger partial charge >= 0.3 is 0 Å². The SMILES string of the molecule is Cc1ccc(N=Cc2cc(N=Nc3nonc3C)c(O)cc2O)cc1C. The van der Waals surface area contributed by atoms with E-state index in [1.165, 1.54) is 23.9 Å². The Morgan fingerprint density at radius 1 is 0.923 bits per heavy atom. The van der Waals surface area contributed by atoms with E-state index in [1.54, 1.807) is 6.92 Å². The first-order chi connectivity index (χ1) is 12.4. The van der Waals surface area contributed by atoms with Gasteiger partial charge in [-0.2, -0.15) is 0 Å². The molecule has 0 fully saturated rings. The van der Waals surface area contributed by atoms with Crippen molar-refractivity contribution >= 4 is 23.4 Å². The molecule has 26 heavy (non-hydrogen) atoms. The summed E-state index contributed by atoms with van der Waals surface area (Å²) in [5.74, 6) is -0.125. The summed E-state index contributed by atoms with van der Waals surface area (Å²) >= 11 is 0. The predicted molar refractivity (Wildman–Crippen MR) is 96.2 cm³/mol. The molecule has 0 aliphatic carbocycles. The zero-order chi connectivity index (χ0) is 18.7. The van der Waals surface area contributed by atoms with Gasteiger partial charge in [0, 0.05) is 17.8 Å². The summed E-state index contributed by atoms with van der Waals surface area (Å²) in [6.07, 6.45) is 1.50. The van der Waals surface area contributed by atoms with Gasteiger partial charge < -0.3 is 10.2 Å². The Hall–Kier alpha value is -3.55. The van der Waals surface area contributed by atoms with Gasteiger partial charge in [-0.25, -0.2) is 4.63 Å². The first kappa shape index (κ1) is 17.3. The molecule has 8 nitrogen and oxygen atoms in total. The second-order valence-corrected chi connectivity index (χ2v) is 5.80. The first-order valence-corrected chi connectivity index (χ1v) is 7.82. The molecule has 0 spiro atoms. The summed E-state index contributed by atoms with van der Waals surface area (Å²) in [6.45, 7) is 5.70. The normalized spacial score (nSPS) is 11.7. The van der Waals surface area contributed by atoms with Crippen molar-refractivity contribution < 1.29 is 14.8 Å². The maximum absolute atomic E-state index is 10.0. The molecule has 0 saturated carbocycles. The lowest BCUT2D eigenvalue weighted by atomic mass is 10.1. The van der Waals surface area contributed by atoms with Crippen LogP contribution < -0.4 is 0 Å². The number of azo groups is 1. The molecule has 1 heterocycles. The highest BCUT2D eigenvalue weighted by atomic mass is 16.6. The van der Waals surface area contributed by atoms with E-state index in [0.717, 1.165) is 11.3 Å². The van der Waals surface area contributed by atoms with E-state index in [9.17, 15) is 10.2 Å². The highest BCUT2D eigenvalue weighted by Gasteiger charge is 2.09. The Morgan fingerprint density at radius 3 is 2.42 bits per heavy atom. The number of aryl methyl sites for hydroxylation is 3. The lowest BCUT2D eigenvalue weighted by molar-refractivity contribution is 0.305. The summed E-state index contributed by atoms with van der Waals surface area (Å²) < 4.78 is 4.53. The van der Waals surface area contributed by atoms with Crippen LogP contribution in [0.3, 0.4) is 0 Å². The van der Waals surface area contributed by atoms with Crippen LogP contribution in [0.2, 0.25) is 0 Å². The molecule has 0 bridgehead atoms. The predicted octanol–water partition coefficient (Wildman–Crippen LogP) is 4.57. The van der Waals surface area contributed by atoms with Crippen molar-refractivity contribution in [2.24, 2.45) is 15.2 Å². The maximum atomic E-state index is 10.0. The Labute approximate surface area is 149 Å². The van der Waals surface area contributed by atoms with E-state index in [-0.39, 0.29) is 23.0 Å². The molecule has 0 radical (unpaired) electrons. The van der Waals surface area contributed by atoms with Crippen molar-refractivity contribution in [3.8, 4) is 11.5 Å². The van der Waals surface area contributed by atoms with Gasteiger partial charge in [-0.15, -0.1) is 10.2 Å². The Morgan fingerprint density at radius 2 is 1.73 bits per heavy atom. The zero-order valence-corrected chi connectivity index (χ0v) is 14.5. The minimum Gasteiger partial charge on any atom is -0.507 e. The molecule has 0 atom stereocenters. The maximum Gasteiger partial charge on any atom is 0.240 e. The third kappa shape index (κ3) is 3.75. The number of nitrogens with zero attached hydrogens (tertiary/aromatic N) is 5. The number of rotatable bonds is 4. The number of hydrogen-bond acceptors (Lipinski definition) is 8. The number of aliphatic imine (C=N–C) groups is 1. The quantitative estimate of drug-likeness (QED) is 0.527. The third-order valence-corrected chi connectivity index (χ3v) is 3.85. The summed E-state index contributed by atoms with van der Waals surface area (Å²) in [4.78, 5) is 4.36. The summed E-state index contributed by atoms with van der Waals surface area (Å²) in [6, 6.07) is 8.47. The monoisotopic (exact) mass is 351 g/mol. The van der Waals surface area contributed by atoms with Gasteiger partial charge in [0.25, 0.3) is 0 Å². The van der Waals surface area contributed by atoms with Crippen molar-refractivity contribution in [1.29, 1.82) is 0 Å². The minimum atomic E-state index is -0.219.